The summed E-state index contributed by atoms with van der Waals surface area (Å²) in [5.41, 5.74) is 0.0393. The fourth-order valence-corrected chi connectivity index (χ4v) is 5.60. The first-order chi connectivity index (χ1) is 10.9. The molecule has 2 aliphatic rings. The van der Waals surface area contributed by atoms with Crippen molar-refractivity contribution in [2.45, 2.75) is 42.6 Å². The Bertz CT molecular complexity index is 708. The minimum atomic E-state index is -3.22. The molecule has 0 radical (unpaired) electrons. The maximum Gasteiger partial charge on any atom is 0.254 e. The number of carbonyl (C=O) groups excluding carboxylic acids is 1. The Labute approximate surface area is 134 Å². The Morgan fingerprint density at radius 2 is 1.65 bits per heavy atom. The Balaban J connectivity index is 1.63. The number of amides is 1. The van der Waals surface area contributed by atoms with Crippen molar-refractivity contribution in [3.63, 3.8) is 0 Å². The topological polar surface area (TPSA) is 54.5 Å². The maximum atomic E-state index is 13.2. The lowest BCUT2D eigenvalue weighted by molar-refractivity contribution is 0.0657. The predicted molar refractivity (Wildman–Crippen MR) is 81.8 cm³/mol. The molecule has 7 heteroatoms. The molecule has 0 unspecified atom stereocenters. The molecule has 126 valence electrons. The predicted octanol–water partition coefficient (Wildman–Crippen LogP) is 2.54. The summed E-state index contributed by atoms with van der Waals surface area (Å²) in [5, 5.41) is -0.818. The summed E-state index contributed by atoms with van der Waals surface area (Å²) < 4.78 is 51.1. The van der Waals surface area contributed by atoms with Crippen LogP contribution in [0.15, 0.2) is 18.2 Å². The van der Waals surface area contributed by atoms with Gasteiger partial charge >= 0.3 is 0 Å². The van der Waals surface area contributed by atoms with Gasteiger partial charge in [0.1, 0.15) is 0 Å². The fraction of sp³-hybridized carbons (Fsp3) is 0.562. The third-order valence-corrected chi connectivity index (χ3v) is 7.41. The maximum absolute atomic E-state index is 13.2. The molecule has 1 saturated carbocycles. The van der Waals surface area contributed by atoms with Crippen LogP contribution in [0.2, 0.25) is 0 Å². The van der Waals surface area contributed by atoms with Crippen LogP contribution in [-0.4, -0.2) is 42.8 Å². The number of hydrogen-bond acceptors (Lipinski definition) is 3. The first kappa shape index (κ1) is 16.4. The van der Waals surface area contributed by atoms with E-state index < -0.39 is 32.6 Å². The van der Waals surface area contributed by atoms with E-state index in [0.717, 1.165) is 31.4 Å². The molecule has 2 fully saturated rings. The quantitative estimate of drug-likeness (QED) is 0.847. The minimum Gasteiger partial charge on any atom is -0.336 e. The zero-order valence-corrected chi connectivity index (χ0v) is 13.5. The van der Waals surface area contributed by atoms with Crippen molar-refractivity contribution in [1.82, 2.24) is 4.90 Å². The number of likely N-dealkylation sites (tertiary alicyclic amines) is 1. The summed E-state index contributed by atoms with van der Waals surface area (Å²) in [4.78, 5) is 13.6. The molecule has 0 aromatic heterocycles. The SMILES string of the molecule is O=C(c1ccc(F)c(F)c1)N1CC(S(=O)(=O)C2CCCCC2)C1. The first-order valence-corrected chi connectivity index (χ1v) is 9.47. The van der Waals surface area contributed by atoms with Gasteiger partial charge in [0.15, 0.2) is 21.5 Å². The monoisotopic (exact) mass is 343 g/mol. The van der Waals surface area contributed by atoms with Crippen LogP contribution < -0.4 is 0 Å². The van der Waals surface area contributed by atoms with Gasteiger partial charge in [-0.2, -0.15) is 0 Å². The van der Waals surface area contributed by atoms with Crippen molar-refractivity contribution in [3.05, 3.63) is 35.4 Å². The van der Waals surface area contributed by atoms with E-state index >= 15 is 0 Å². The molecular weight excluding hydrogens is 324 g/mol. The van der Waals surface area contributed by atoms with Gasteiger partial charge in [-0.1, -0.05) is 19.3 Å². The van der Waals surface area contributed by atoms with Crippen molar-refractivity contribution < 1.29 is 22.0 Å². The lowest BCUT2D eigenvalue weighted by atomic mass is 10.0. The van der Waals surface area contributed by atoms with Crippen molar-refractivity contribution in [1.29, 1.82) is 0 Å². The van der Waals surface area contributed by atoms with Gasteiger partial charge in [0.2, 0.25) is 0 Å². The summed E-state index contributed by atoms with van der Waals surface area (Å²) in [5.74, 6) is -2.55. The highest BCUT2D eigenvalue weighted by Gasteiger charge is 2.43. The van der Waals surface area contributed by atoms with Gasteiger partial charge in [-0.3, -0.25) is 4.79 Å². The van der Waals surface area contributed by atoms with E-state index in [1.54, 1.807) is 0 Å². The van der Waals surface area contributed by atoms with E-state index in [1.165, 1.54) is 11.0 Å². The van der Waals surface area contributed by atoms with E-state index in [1.807, 2.05) is 0 Å². The van der Waals surface area contributed by atoms with E-state index in [9.17, 15) is 22.0 Å². The molecule has 0 bridgehead atoms. The molecule has 0 N–H and O–H groups in total. The summed E-state index contributed by atoms with van der Waals surface area (Å²) >= 11 is 0. The Kier molecular flexibility index (Phi) is 4.40. The number of hydrogen-bond donors (Lipinski definition) is 0. The summed E-state index contributed by atoms with van der Waals surface area (Å²) in [6.07, 6.45) is 4.37. The highest BCUT2D eigenvalue weighted by atomic mass is 32.2. The zero-order chi connectivity index (χ0) is 16.6. The number of carbonyl (C=O) groups is 1. The largest absolute Gasteiger partial charge is 0.336 e. The zero-order valence-electron chi connectivity index (χ0n) is 12.7. The Hall–Kier alpha value is -1.50. The summed E-state index contributed by atoms with van der Waals surface area (Å²) in [7, 11) is -3.22. The number of halogens is 2. The van der Waals surface area contributed by atoms with Crippen LogP contribution in [0.25, 0.3) is 0 Å². The number of sulfone groups is 1. The lowest BCUT2D eigenvalue weighted by Gasteiger charge is -2.40. The van der Waals surface area contributed by atoms with Crippen LogP contribution in [-0.2, 0) is 9.84 Å². The molecule has 1 amide bonds. The highest BCUT2D eigenvalue weighted by molar-refractivity contribution is 7.92. The number of rotatable bonds is 3. The van der Waals surface area contributed by atoms with E-state index in [2.05, 4.69) is 0 Å². The van der Waals surface area contributed by atoms with Gasteiger partial charge in [0.25, 0.3) is 5.91 Å². The van der Waals surface area contributed by atoms with E-state index in [4.69, 9.17) is 0 Å². The third kappa shape index (κ3) is 3.11. The van der Waals surface area contributed by atoms with Crippen molar-refractivity contribution in [2.24, 2.45) is 0 Å². The van der Waals surface area contributed by atoms with Gasteiger partial charge < -0.3 is 4.90 Å². The molecule has 1 heterocycles. The average molecular weight is 343 g/mol. The highest BCUT2D eigenvalue weighted by Crippen LogP contribution is 2.30. The molecule has 0 atom stereocenters. The molecule has 1 saturated heterocycles. The molecule has 1 aliphatic heterocycles. The standard InChI is InChI=1S/C16H19F2NO3S/c17-14-7-6-11(8-15(14)18)16(20)19-9-13(10-19)23(21,22)12-4-2-1-3-5-12/h6-8,12-13H,1-5,9-10H2. The van der Waals surface area contributed by atoms with Crippen molar-refractivity contribution in [3.8, 4) is 0 Å². The molecular formula is C16H19F2NO3S. The molecule has 0 spiro atoms. The van der Waals surface area contributed by atoms with Crippen molar-refractivity contribution in [2.75, 3.05) is 13.1 Å². The molecule has 3 rings (SSSR count). The molecule has 1 aliphatic carbocycles. The fourth-order valence-electron chi connectivity index (χ4n) is 3.29. The summed E-state index contributed by atoms with van der Waals surface area (Å²) in [6.45, 7) is 0.271. The van der Waals surface area contributed by atoms with Gasteiger partial charge in [0, 0.05) is 18.7 Å². The number of nitrogens with zero attached hydrogens (tertiary/aromatic N) is 1. The normalized spacial score (nSPS) is 20.3. The minimum absolute atomic E-state index is 0.0393. The second-order valence-corrected chi connectivity index (χ2v) is 8.82. The lowest BCUT2D eigenvalue weighted by Crippen LogP contribution is -2.58. The number of benzene rings is 1. The van der Waals surface area contributed by atoms with Gasteiger partial charge in [-0.25, -0.2) is 17.2 Å². The second-order valence-electron chi connectivity index (χ2n) is 6.31. The van der Waals surface area contributed by atoms with Crippen LogP contribution in [0.1, 0.15) is 42.5 Å². The molecule has 23 heavy (non-hydrogen) atoms. The van der Waals surface area contributed by atoms with Crippen LogP contribution in [0.5, 0.6) is 0 Å². The second kappa shape index (κ2) is 6.19. The van der Waals surface area contributed by atoms with Crippen molar-refractivity contribution >= 4 is 15.7 Å². The molecule has 1 aromatic carbocycles. The van der Waals surface area contributed by atoms with E-state index in [-0.39, 0.29) is 23.9 Å². The van der Waals surface area contributed by atoms with Crippen LogP contribution in [0, 0.1) is 11.6 Å². The Morgan fingerprint density at radius 1 is 1.00 bits per heavy atom. The van der Waals surface area contributed by atoms with E-state index in [0.29, 0.717) is 12.8 Å². The smallest absolute Gasteiger partial charge is 0.254 e. The third-order valence-electron chi connectivity index (χ3n) is 4.78. The van der Waals surface area contributed by atoms with Crippen LogP contribution in [0.3, 0.4) is 0 Å². The van der Waals surface area contributed by atoms with Gasteiger partial charge in [-0.15, -0.1) is 0 Å². The average Bonchev–Trinajstić information content (AvgIpc) is 2.49. The van der Waals surface area contributed by atoms with Gasteiger partial charge in [0.05, 0.1) is 10.5 Å². The van der Waals surface area contributed by atoms with Crippen LogP contribution in [0.4, 0.5) is 8.78 Å². The molecule has 4 nitrogen and oxygen atoms in total. The Morgan fingerprint density at radius 3 is 2.26 bits per heavy atom. The summed E-state index contributed by atoms with van der Waals surface area (Å²) in [6, 6.07) is 2.96. The molecule has 1 aromatic rings. The van der Waals surface area contributed by atoms with Gasteiger partial charge in [-0.05, 0) is 31.0 Å². The first-order valence-electron chi connectivity index (χ1n) is 7.86. The van der Waals surface area contributed by atoms with Crippen LogP contribution >= 0.6 is 0 Å².